The Labute approximate surface area is 107 Å². The smallest absolute Gasteiger partial charge is 0.340 e. The molecule has 1 N–H and O–H groups in total. The van der Waals surface area contributed by atoms with Gasteiger partial charge in [-0.1, -0.05) is 17.7 Å². The van der Waals surface area contributed by atoms with E-state index >= 15 is 0 Å². The van der Waals surface area contributed by atoms with Crippen LogP contribution in [0.15, 0.2) is 29.8 Å². The number of methoxy groups -OCH3 is 1. The number of allylic oxidation sites excluding steroid dienone is 1. The number of esters is 1. The molecule has 0 radical (unpaired) electrons. The van der Waals surface area contributed by atoms with Crippen molar-refractivity contribution in [2.24, 2.45) is 0 Å². The third-order valence-corrected chi connectivity index (χ3v) is 2.42. The van der Waals surface area contributed by atoms with Gasteiger partial charge in [-0.15, -0.1) is 0 Å². The van der Waals surface area contributed by atoms with Gasteiger partial charge in [0.1, 0.15) is 5.82 Å². The molecule has 0 aliphatic heterocycles. The number of hydrogen-bond donors (Lipinski definition) is 1. The third-order valence-electron chi connectivity index (χ3n) is 2.42. The standard InChI is InChI=1S/C14H18FNO2/c1-10(2)6-7-16-9-11-4-5-12(13(15)8-11)14(17)18-3/h4-6,8,16H,7,9H2,1-3H3. The normalized spacial score (nSPS) is 10.0. The van der Waals surface area contributed by atoms with Gasteiger partial charge in [-0.2, -0.15) is 0 Å². The second-order valence-electron chi connectivity index (χ2n) is 4.22. The second-order valence-corrected chi connectivity index (χ2v) is 4.22. The molecule has 1 aromatic carbocycles. The first-order valence-electron chi connectivity index (χ1n) is 5.75. The zero-order valence-electron chi connectivity index (χ0n) is 10.9. The van der Waals surface area contributed by atoms with E-state index in [1.54, 1.807) is 6.07 Å². The van der Waals surface area contributed by atoms with Gasteiger partial charge >= 0.3 is 5.97 Å². The van der Waals surface area contributed by atoms with Gasteiger partial charge in [0.25, 0.3) is 0 Å². The number of hydrogen-bond acceptors (Lipinski definition) is 3. The molecule has 0 atom stereocenters. The lowest BCUT2D eigenvalue weighted by molar-refractivity contribution is 0.0595. The van der Waals surface area contributed by atoms with E-state index in [0.717, 1.165) is 12.1 Å². The van der Waals surface area contributed by atoms with Gasteiger partial charge in [0.15, 0.2) is 0 Å². The molecule has 0 amide bonds. The van der Waals surface area contributed by atoms with Gasteiger partial charge in [-0.3, -0.25) is 0 Å². The molecule has 0 saturated heterocycles. The molecular formula is C14H18FNO2. The highest BCUT2D eigenvalue weighted by Gasteiger charge is 2.11. The molecule has 0 heterocycles. The second kappa shape index (κ2) is 6.91. The first-order chi connectivity index (χ1) is 8.54. The van der Waals surface area contributed by atoms with Gasteiger partial charge in [-0.25, -0.2) is 9.18 Å². The summed E-state index contributed by atoms with van der Waals surface area (Å²) in [5, 5.41) is 3.16. The van der Waals surface area contributed by atoms with Gasteiger partial charge in [0.2, 0.25) is 0 Å². The maximum absolute atomic E-state index is 13.6. The molecule has 98 valence electrons. The predicted molar refractivity (Wildman–Crippen MR) is 68.9 cm³/mol. The van der Waals surface area contributed by atoms with E-state index in [0.29, 0.717) is 6.54 Å². The van der Waals surface area contributed by atoms with Crippen LogP contribution in [0.2, 0.25) is 0 Å². The predicted octanol–water partition coefficient (Wildman–Crippen LogP) is 2.67. The number of carbonyl (C=O) groups is 1. The molecule has 0 fully saturated rings. The van der Waals surface area contributed by atoms with Crippen molar-refractivity contribution in [1.29, 1.82) is 0 Å². The summed E-state index contributed by atoms with van der Waals surface area (Å²) in [5.74, 6) is -1.21. The van der Waals surface area contributed by atoms with Crippen molar-refractivity contribution < 1.29 is 13.9 Å². The highest BCUT2D eigenvalue weighted by molar-refractivity contribution is 5.89. The van der Waals surface area contributed by atoms with E-state index in [1.165, 1.54) is 24.8 Å². The number of carbonyl (C=O) groups excluding carboxylic acids is 1. The summed E-state index contributed by atoms with van der Waals surface area (Å²) in [6.45, 7) is 5.34. The molecule has 18 heavy (non-hydrogen) atoms. The van der Waals surface area contributed by atoms with Crippen LogP contribution >= 0.6 is 0 Å². The van der Waals surface area contributed by atoms with Crippen LogP contribution in [0.1, 0.15) is 29.8 Å². The Balaban J connectivity index is 2.62. The van der Waals surface area contributed by atoms with E-state index in [1.807, 2.05) is 13.8 Å². The average Bonchev–Trinajstić information content (AvgIpc) is 2.33. The van der Waals surface area contributed by atoms with Crippen molar-refractivity contribution in [3.05, 3.63) is 46.8 Å². The summed E-state index contributed by atoms with van der Waals surface area (Å²) >= 11 is 0. The Kier molecular flexibility index (Phi) is 5.52. The topological polar surface area (TPSA) is 38.3 Å². The SMILES string of the molecule is COC(=O)c1ccc(CNCC=C(C)C)cc1F. The summed E-state index contributed by atoms with van der Waals surface area (Å²) in [4.78, 5) is 11.2. The van der Waals surface area contributed by atoms with Crippen molar-refractivity contribution in [3.63, 3.8) is 0 Å². The maximum Gasteiger partial charge on any atom is 0.340 e. The number of benzene rings is 1. The number of ether oxygens (including phenoxy) is 1. The molecule has 0 saturated carbocycles. The summed E-state index contributed by atoms with van der Waals surface area (Å²) in [6.07, 6.45) is 2.05. The van der Waals surface area contributed by atoms with E-state index in [9.17, 15) is 9.18 Å². The molecule has 0 unspecified atom stereocenters. The Morgan fingerprint density at radius 3 is 2.72 bits per heavy atom. The van der Waals surface area contributed by atoms with Crippen LogP contribution in [-0.2, 0) is 11.3 Å². The molecule has 0 aliphatic rings. The lowest BCUT2D eigenvalue weighted by atomic mass is 10.1. The molecule has 1 aromatic rings. The van der Waals surface area contributed by atoms with Gasteiger partial charge in [0, 0.05) is 13.1 Å². The van der Waals surface area contributed by atoms with Crippen molar-refractivity contribution in [2.45, 2.75) is 20.4 Å². The third kappa shape index (κ3) is 4.30. The minimum absolute atomic E-state index is 0.0365. The maximum atomic E-state index is 13.6. The molecule has 0 aromatic heterocycles. The van der Waals surface area contributed by atoms with E-state index in [-0.39, 0.29) is 5.56 Å². The Bertz CT molecular complexity index is 451. The van der Waals surface area contributed by atoms with E-state index in [4.69, 9.17) is 0 Å². The number of nitrogens with one attached hydrogen (secondary N) is 1. The molecule has 0 bridgehead atoms. The van der Waals surface area contributed by atoms with Gasteiger partial charge in [-0.05, 0) is 31.5 Å². The molecule has 0 spiro atoms. The van der Waals surface area contributed by atoms with Crippen LogP contribution in [-0.4, -0.2) is 19.6 Å². The molecule has 4 heteroatoms. The van der Waals surface area contributed by atoms with Gasteiger partial charge < -0.3 is 10.1 Å². The van der Waals surface area contributed by atoms with Crippen molar-refractivity contribution in [2.75, 3.05) is 13.7 Å². The summed E-state index contributed by atoms with van der Waals surface area (Å²) in [6, 6.07) is 4.51. The minimum atomic E-state index is -0.656. The fourth-order valence-electron chi connectivity index (χ4n) is 1.44. The van der Waals surface area contributed by atoms with Crippen LogP contribution in [0.3, 0.4) is 0 Å². The van der Waals surface area contributed by atoms with Crippen LogP contribution in [0.4, 0.5) is 4.39 Å². The fourth-order valence-corrected chi connectivity index (χ4v) is 1.44. The van der Waals surface area contributed by atoms with Crippen molar-refractivity contribution in [1.82, 2.24) is 5.32 Å². The Morgan fingerprint density at radius 1 is 1.44 bits per heavy atom. The molecule has 1 rings (SSSR count). The highest BCUT2D eigenvalue weighted by Crippen LogP contribution is 2.11. The van der Waals surface area contributed by atoms with E-state index in [2.05, 4.69) is 16.1 Å². The van der Waals surface area contributed by atoms with Crippen molar-refractivity contribution >= 4 is 5.97 Å². The number of rotatable bonds is 5. The minimum Gasteiger partial charge on any atom is -0.465 e. The first-order valence-corrected chi connectivity index (χ1v) is 5.75. The van der Waals surface area contributed by atoms with Crippen LogP contribution in [0.5, 0.6) is 0 Å². The average molecular weight is 251 g/mol. The zero-order valence-corrected chi connectivity index (χ0v) is 10.9. The Morgan fingerprint density at radius 2 is 2.17 bits per heavy atom. The van der Waals surface area contributed by atoms with Gasteiger partial charge in [0.05, 0.1) is 12.7 Å². The monoisotopic (exact) mass is 251 g/mol. The van der Waals surface area contributed by atoms with E-state index < -0.39 is 11.8 Å². The first kappa shape index (κ1) is 14.4. The lowest BCUT2D eigenvalue weighted by Crippen LogP contribution is -2.14. The number of halogens is 1. The molecule has 0 aliphatic carbocycles. The summed E-state index contributed by atoms with van der Waals surface area (Å²) in [5.41, 5.74) is 1.99. The summed E-state index contributed by atoms with van der Waals surface area (Å²) < 4.78 is 18.1. The summed E-state index contributed by atoms with van der Waals surface area (Å²) in [7, 11) is 1.23. The largest absolute Gasteiger partial charge is 0.465 e. The highest BCUT2D eigenvalue weighted by atomic mass is 19.1. The molecule has 3 nitrogen and oxygen atoms in total. The fraction of sp³-hybridized carbons (Fsp3) is 0.357. The van der Waals surface area contributed by atoms with Crippen molar-refractivity contribution in [3.8, 4) is 0 Å². The van der Waals surface area contributed by atoms with Crippen LogP contribution in [0.25, 0.3) is 0 Å². The van der Waals surface area contributed by atoms with Crippen LogP contribution < -0.4 is 5.32 Å². The Hall–Kier alpha value is -1.68. The zero-order chi connectivity index (χ0) is 13.5. The lowest BCUT2D eigenvalue weighted by Gasteiger charge is -2.05. The molecular weight excluding hydrogens is 233 g/mol. The quantitative estimate of drug-likeness (QED) is 0.497. The van der Waals surface area contributed by atoms with Crippen LogP contribution in [0, 0.1) is 5.82 Å².